The zero-order valence-corrected chi connectivity index (χ0v) is 28.1. The van der Waals surface area contributed by atoms with Crippen molar-refractivity contribution in [2.75, 3.05) is 0 Å². The first kappa shape index (κ1) is 28.9. The van der Waals surface area contributed by atoms with E-state index in [1.54, 1.807) is 0 Å². The van der Waals surface area contributed by atoms with E-state index in [1.807, 2.05) is 36.4 Å². The van der Waals surface area contributed by atoms with Crippen LogP contribution in [0.3, 0.4) is 0 Å². The Labute approximate surface area is 301 Å². The molecule has 1 unspecified atom stereocenters. The third-order valence-corrected chi connectivity index (χ3v) is 10.9. The number of hydrogen-bond acceptors (Lipinski definition) is 4. The van der Waals surface area contributed by atoms with Crippen LogP contribution in [-0.4, -0.2) is 21.2 Å². The number of fused-ring (bicyclic) bond motifs is 9. The summed E-state index contributed by atoms with van der Waals surface area (Å²) in [4.78, 5) is 15.8. The zero-order chi connectivity index (χ0) is 34.2. The van der Waals surface area contributed by atoms with E-state index in [0.29, 0.717) is 0 Å². The molecule has 11 rings (SSSR count). The van der Waals surface area contributed by atoms with E-state index in [2.05, 4.69) is 149 Å². The molecule has 2 aliphatic heterocycles. The molecule has 5 heteroatoms. The Morgan fingerprint density at radius 1 is 0.481 bits per heavy atom. The minimum absolute atomic E-state index is 0.442. The maximum Gasteiger partial charge on any atom is 0.169 e. The van der Waals surface area contributed by atoms with E-state index in [9.17, 15) is 0 Å². The number of aliphatic imine (C=N–C) groups is 2. The summed E-state index contributed by atoms with van der Waals surface area (Å²) in [6, 6.07) is 62.5. The van der Waals surface area contributed by atoms with Gasteiger partial charge in [-0.1, -0.05) is 158 Å². The van der Waals surface area contributed by atoms with Crippen LogP contribution in [0.1, 0.15) is 45.1 Å². The van der Waals surface area contributed by atoms with Gasteiger partial charge in [-0.3, -0.25) is 4.57 Å². The first-order chi connectivity index (χ1) is 25.8. The van der Waals surface area contributed by atoms with E-state index in [-0.39, 0.29) is 0 Å². The summed E-state index contributed by atoms with van der Waals surface area (Å²) in [6.07, 6.45) is -0.442. The number of amidine groups is 2. The Hall–Kier alpha value is -6.85. The lowest BCUT2D eigenvalue weighted by Gasteiger charge is -2.39. The first-order valence-corrected chi connectivity index (χ1v) is 17.7. The summed E-state index contributed by atoms with van der Waals surface area (Å²) in [6.45, 7) is 0. The van der Waals surface area contributed by atoms with Crippen molar-refractivity contribution in [3.63, 3.8) is 0 Å². The third-order valence-electron chi connectivity index (χ3n) is 10.9. The van der Waals surface area contributed by atoms with Gasteiger partial charge >= 0.3 is 0 Å². The van der Waals surface area contributed by atoms with E-state index in [1.165, 1.54) is 33.4 Å². The lowest BCUT2D eigenvalue weighted by molar-refractivity contribution is 0.728. The van der Waals surface area contributed by atoms with Gasteiger partial charge < -0.3 is 5.32 Å². The molecule has 1 atom stereocenters. The Balaban J connectivity index is 1.19. The second-order valence-electron chi connectivity index (χ2n) is 13.6. The van der Waals surface area contributed by atoms with Crippen molar-refractivity contribution in [2.24, 2.45) is 9.98 Å². The molecule has 1 aliphatic carbocycles. The fraction of sp³-hybridized carbons (Fsp3) is 0.0426. The molecular formula is C47H31N5. The zero-order valence-electron chi connectivity index (χ0n) is 28.1. The van der Waals surface area contributed by atoms with Gasteiger partial charge in [0.15, 0.2) is 6.17 Å². The van der Waals surface area contributed by atoms with Crippen molar-refractivity contribution in [3.05, 3.63) is 215 Å². The highest BCUT2D eigenvalue weighted by atomic mass is 15.2. The van der Waals surface area contributed by atoms with Crippen molar-refractivity contribution >= 4 is 22.7 Å². The highest BCUT2D eigenvalue weighted by molar-refractivity contribution is 6.16. The summed E-state index contributed by atoms with van der Waals surface area (Å²) in [7, 11) is 0. The molecule has 1 spiro atoms. The molecule has 0 saturated carbocycles. The van der Waals surface area contributed by atoms with Gasteiger partial charge in [0.25, 0.3) is 0 Å². The fourth-order valence-corrected chi connectivity index (χ4v) is 8.70. The highest BCUT2D eigenvalue weighted by Crippen LogP contribution is 2.60. The van der Waals surface area contributed by atoms with Crippen molar-refractivity contribution < 1.29 is 0 Å². The number of nitrogens with one attached hydrogen (secondary N) is 1. The van der Waals surface area contributed by atoms with E-state index in [0.717, 1.165) is 56.5 Å². The molecule has 0 radical (unpaired) electrons. The maximum atomic E-state index is 5.31. The number of nitrogens with zero attached hydrogens (tertiary/aromatic N) is 4. The number of hydrogen-bond donors (Lipinski definition) is 1. The topological polar surface area (TPSA) is 54.6 Å². The summed E-state index contributed by atoms with van der Waals surface area (Å²) in [5, 5.41) is 3.55. The summed E-state index contributed by atoms with van der Waals surface area (Å²) in [5.74, 6) is 2.57. The van der Waals surface area contributed by atoms with Gasteiger partial charge in [0.2, 0.25) is 0 Å². The number of benzene rings is 7. The minimum atomic E-state index is -0.576. The van der Waals surface area contributed by atoms with Gasteiger partial charge in [0, 0.05) is 16.7 Å². The van der Waals surface area contributed by atoms with Crippen molar-refractivity contribution in [2.45, 2.75) is 11.6 Å². The Bertz CT molecular complexity index is 2710. The first-order valence-electron chi connectivity index (χ1n) is 17.7. The number of imidazole rings is 1. The molecule has 0 bridgehead atoms. The Kier molecular flexibility index (Phi) is 6.16. The molecule has 0 saturated heterocycles. The van der Waals surface area contributed by atoms with Gasteiger partial charge in [0.1, 0.15) is 17.5 Å². The van der Waals surface area contributed by atoms with Crippen LogP contribution < -0.4 is 5.32 Å². The van der Waals surface area contributed by atoms with E-state index in [4.69, 9.17) is 15.0 Å². The number of aromatic nitrogens is 2. The highest BCUT2D eigenvalue weighted by Gasteiger charge is 2.51. The lowest BCUT2D eigenvalue weighted by Crippen LogP contribution is -2.36. The van der Waals surface area contributed by atoms with Gasteiger partial charge in [0.05, 0.1) is 22.1 Å². The molecule has 0 fully saturated rings. The molecule has 3 heterocycles. The van der Waals surface area contributed by atoms with Crippen molar-refractivity contribution in [3.8, 4) is 28.2 Å². The molecule has 3 aliphatic rings. The molecule has 244 valence electrons. The fourth-order valence-electron chi connectivity index (χ4n) is 8.70. The Morgan fingerprint density at radius 2 is 1.06 bits per heavy atom. The molecule has 52 heavy (non-hydrogen) atoms. The summed E-state index contributed by atoms with van der Waals surface area (Å²) in [5.41, 5.74) is 14.4. The average Bonchev–Trinajstić information content (AvgIpc) is 3.76. The van der Waals surface area contributed by atoms with Crippen LogP contribution in [-0.2, 0) is 5.41 Å². The molecule has 8 aromatic rings. The molecule has 0 amide bonds. The van der Waals surface area contributed by atoms with E-state index < -0.39 is 11.6 Å². The maximum absolute atomic E-state index is 5.31. The second-order valence-corrected chi connectivity index (χ2v) is 13.6. The van der Waals surface area contributed by atoms with Gasteiger partial charge in [-0.15, -0.1) is 0 Å². The smallest absolute Gasteiger partial charge is 0.169 e. The van der Waals surface area contributed by atoms with E-state index >= 15 is 0 Å². The quantitative estimate of drug-likeness (QED) is 0.204. The van der Waals surface area contributed by atoms with Gasteiger partial charge in [-0.25, -0.2) is 15.0 Å². The molecular weight excluding hydrogens is 635 g/mol. The Morgan fingerprint density at radius 3 is 1.77 bits per heavy atom. The monoisotopic (exact) mass is 665 g/mol. The van der Waals surface area contributed by atoms with Crippen LogP contribution in [0.25, 0.3) is 39.2 Å². The standard InChI is InChI=1S/C47H31N5/c1-4-15-30(16-5-1)43-49-44(31-17-6-2-7-18-31)51-45(50-43)33-27-28-35-34-21-10-11-22-36(34)47(39(35)29-33)37-23-12-13-26-41(37)52-42-38(47)24-14-25-40(42)48-46(52)32-19-8-3-9-20-32/h1-29,45H,(H,49,50,51). The average molecular weight is 666 g/mol. The van der Waals surface area contributed by atoms with Crippen molar-refractivity contribution in [1.29, 1.82) is 0 Å². The molecule has 1 N–H and O–H groups in total. The van der Waals surface area contributed by atoms with Crippen LogP contribution in [0.2, 0.25) is 0 Å². The number of para-hydroxylation sites is 2. The van der Waals surface area contributed by atoms with Crippen LogP contribution in [0, 0.1) is 0 Å². The van der Waals surface area contributed by atoms with Crippen LogP contribution in [0.5, 0.6) is 0 Å². The summed E-state index contributed by atoms with van der Waals surface area (Å²) < 4.78 is 2.38. The van der Waals surface area contributed by atoms with Gasteiger partial charge in [-0.05, 0) is 57.1 Å². The van der Waals surface area contributed by atoms with Gasteiger partial charge in [-0.2, -0.15) is 0 Å². The van der Waals surface area contributed by atoms with Crippen LogP contribution >= 0.6 is 0 Å². The predicted molar refractivity (Wildman–Crippen MR) is 209 cm³/mol. The second kappa shape index (κ2) is 11.1. The third kappa shape index (κ3) is 4.02. The molecule has 1 aromatic heterocycles. The molecule has 7 aromatic carbocycles. The summed E-state index contributed by atoms with van der Waals surface area (Å²) >= 11 is 0. The van der Waals surface area contributed by atoms with Crippen LogP contribution in [0.4, 0.5) is 0 Å². The SMILES string of the molecule is c1ccc(C2=NC(c3ccc4c(c3)C3(c5ccccc5-4)c4ccccc4-n4c(-c5ccccc5)nc5cccc3c54)N=C(c3ccccc3)N2)cc1. The predicted octanol–water partition coefficient (Wildman–Crippen LogP) is 9.86. The molecule has 5 nitrogen and oxygen atoms in total. The van der Waals surface area contributed by atoms with Crippen LogP contribution in [0.15, 0.2) is 186 Å². The normalized spacial score (nSPS) is 16.8. The largest absolute Gasteiger partial charge is 0.324 e. The lowest BCUT2D eigenvalue weighted by atomic mass is 9.65. The number of rotatable bonds is 4. The minimum Gasteiger partial charge on any atom is -0.324 e. The van der Waals surface area contributed by atoms with Crippen molar-refractivity contribution in [1.82, 2.24) is 14.9 Å².